The number of fused-ring (bicyclic) bond motifs is 1. The summed E-state index contributed by atoms with van der Waals surface area (Å²) in [4.78, 5) is 22.3. The zero-order valence-electron chi connectivity index (χ0n) is 19.0. The zero-order valence-corrected chi connectivity index (χ0v) is 19.0. The Kier molecular flexibility index (Phi) is 5.70. The molecule has 4 aliphatic rings. The van der Waals surface area contributed by atoms with Crippen LogP contribution in [0.25, 0.3) is 0 Å². The normalized spacial score (nSPS) is 27.4. The molecule has 0 aromatic heterocycles. The summed E-state index contributed by atoms with van der Waals surface area (Å²) < 4.78 is 27.7. The average Bonchev–Trinajstić information content (AvgIpc) is 3.42. The molecule has 176 valence electrons. The summed E-state index contributed by atoms with van der Waals surface area (Å²) >= 11 is 0. The summed E-state index contributed by atoms with van der Waals surface area (Å²) in [5.74, 6) is -0.405. The summed E-state index contributed by atoms with van der Waals surface area (Å²) in [6, 6.07) is 2.35. The van der Waals surface area contributed by atoms with Gasteiger partial charge in [0.15, 0.2) is 11.6 Å². The lowest BCUT2D eigenvalue weighted by atomic mass is 9.94. The van der Waals surface area contributed by atoms with Crippen molar-refractivity contribution in [2.45, 2.75) is 57.7 Å². The third-order valence-electron chi connectivity index (χ3n) is 7.08. The Morgan fingerprint density at radius 1 is 1.18 bits per heavy atom. The SMILES string of the molecule is CC1=CN2NC(C3CCCCN3C(=O)c3ccc(F)c(F)c3C)C=C2N=C1N1CC[C@H](N)C1. The molecule has 9 heteroatoms. The molecular weight excluding hydrogens is 426 g/mol. The van der Waals surface area contributed by atoms with Crippen LogP contribution in [0.5, 0.6) is 0 Å². The van der Waals surface area contributed by atoms with Gasteiger partial charge in [0.05, 0.1) is 12.1 Å². The number of piperidine rings is 1. The number of rotatable bonds is 2. The van der Waals surface area contributed by atoms with Gasteiger partial charge in [0.25, 0.3) is 5.91 Å². The molecule has 3 N–H and O–H groups in total. The van der Waals surface area contributed by atoms with Crippen LogP contribution in [0.2, 0.25) is 0 Å². The van der Waals surface area contributed by atoms with Gasteiger partial charge in [-0.15, -0.1) is 0 Å². The van der Waals surface area contributed by atoms with E-state index in [4.69, 9.17) is 10.7 Å². The largest absolute Gasteiger partial charge is 0.355 e. The van der Waals surface area contributed by atoms with Crippen LogP contribution in [0.4, 0.5) is 8.78 Å². The Morgan fingerprint density at radius 2 is 2.00 bits per heavy atom. The highest BCUT2D eigenvalue weighted by Crippen LogP contribution is 2.30. The number of aliphatic imine (C=N–C) groups is 1. The molecule has 0 radical (unpaired) electrons. The zero-order chi connectivity index (χ0) is 23.3. The summed E-state index contributed by atoms with van der Waals surface area (Å²) in [7, 11) is 0. The van der Waals surface area contributed by atoms with Gasteiger partial charge in [-0.05, 0) is 57.7 Å². The van der Waals surface area contributed by atoms with Crippen LogP contribution in [0, 0.1) is 18.6 Å². The topological polar surface area (TPSA) is 77.2 Å². The fraction of sp³-hybridized carbons (Fsp3) is 0.500. The molecular formula is C24H30F2N6O. The lowest BCUT2D eigenvalue weighted by Crippen LogP contribution is -2.54. The second kappa shape index (κ2) is 8.53. The molecule has 5 rings (SSSR count). The lowest BCUT2D eigenvalue weighted by molar-refractivity contribution is 0.0559. The third kappa shape index (κ3) is 3.93. The van der Waals surface area contributed by atoms with E-state index in [9.17, 15) is 13.6 Å². The Balaban J connectivity index is 1.40. The molecule has 33 heavy (non-hydrogen) atoms. The number of halogens is 2. The van der Waals surface area contributed by atoms with Crippen LogP contribution in [0.15, 0.2) is 40.8 Å². The molecule has 2 unspecified atom stereocenters. The van der Waals surface area contributed by atoms with Gasteiger partial charge in [-0.1, -0.05) is 0 Å². The van der Waals surface area contributed by atoms with Crippen LogP contribution in [-0.2, 0) is 0 Å². The number of likely N-dealkylation sites (tertiary alicyclic amines) is 2. The van der Waals surface area contributed by atoms with Crippen molar-refractivity contribution in [3.63, 3.8) is 0 Å². The predicted molar refractivity (Wildman–Crippen MR) is 122 cm³/mol. The van der Waals surface area contributed by atoms with Gasteiger partial charge in [0.2, 0.25) is 0 Å². The number of hydrazine groups is 1. The van der Waals surface area contributed by atoms with Crippen molar-refractivity contribution >= 4 is 11.7 Å². The average molecular weight is 457 g/mol. The Hall–Kier alpha value is -2.78. The van der Waals surface area contributed by atoms with Crippen molar-refractivity contribution in [2.24, 2.45) is 10.7 Å². The van der Waals surface area contributed by atoms with E-state index in [1.54, 1.807) is 4.90 Å². The molecule has 4 heterocycles. The van der Waals surface area contributed by atoms with Crippen molar-refractivity contribution in [3.8, 4) is 0 Å². The summed E-state index contributed by atoms with van der Waals surface area (Å²) in [5.41, 5.74) is 10.9. The van der Waals surface area contributed by atoms with Crippen LogP contribution < -0.4 is 11.2 Å². The highest BCUT2D eigenvalue weighted by atomic mass is 19.2. The van der Waals surface area contributed by atoms with E-state index in [0.717, 1.165) is 62.1 Å². The summed E-state index contributed by atoms with van der Waals surface area (Å²) in [6.45, 7) is 5.77. The lowest BCUT2D eigenvalue weighted by Gasteiger charge is -2.39. The van der Waals surface area contributed by atoms with Crippen LogP contribution in [0.3, 0.4) is 0 Å². The van der Waals surface area contributed by atoms with Crippen LogP contribution in [0.1, 0.15) is 48.5 Å². The first kappa shape index (κ1) is 22.0. The predicted octanol–water partition coefficient (Wildman–Crippen LogP) is 2.65. The van der Waals surface area contributed by atoms with E-state index in [1.807, 2.05) is 18.1 Å². The Bertz CT molecular complexity index is 1070. The first-order valence-corrected chi connectivity index (χ1v) is 11.6. The molecule has 7 nitrogen and oxygen atoms in total. The smallest absolute Gasteiger partial charge is 0.254 e. The third-order valence-corrected chi connectivity index (χ3v) is 7.08. The van der Waals surface area contributed by atoms with E-state index in [2.05, 4.69) is 16.4 Å². The summed E-state index contributed by atoms with van der Waals surface area (Å²) in [5, 5.41) is 1.92. The fourth-order valence-corrected chi connectivity index (χ4v) is 5.27. The molecule has 0 saturated carbocycles. The number of nitrogens with two attached hydrogens (primary N) is 1. The van der Waals surface area contributed by atoms with Crippen molar-refractivity contribution < 1.29 is 13.6 Å². The fourth-order valence-electron chi connectivity index (χ4n) is 5.27. The van der Waals surface area contributed by atoms with Crippen LogP contribution >= 0.6 is 0 Å². The number of hydrogen-bond donors (Lipinski definition) is 2. The molecule has 2 fully saturated rings. The maximum absolute atomic E-state index is 14.1. The van der Waals surface area contributed by atoms with Gasteiger partial charge in [-0.2, -0.15) is 0 Å². The minimum atomic E-state index is -0.961. The number of hydrogen-bond acceptors (Lipinski definition) is 6. The molecule has 1 aromatic carbocycles. The maximum atomic E-state index is 14.1. The monoisotopic (exact) mass is 456 g/mol. The number of carbonyl (C=O) groups is 1. The number of amides is 1. The van der Waals surface area contributed by atoms with Gasteiger partial charge in [0, 0.05) is 48.6 Å². The first-order chi connectivity index (χ1) is 15.8. The molecule has 2 saturated heterocycles. The van der Waals surface area contributed by atoms with Gasteiger partial charge in [0.1, 0.15) is 11.7 Å². The first-order valence-electron chi connectivity index (χ1n) is 11.6. The van der Waals surface area contributed by atoms with E-state index < -0.39 is 11.6 Å². The van der Waals surface area contributed by atoms with Crippen molar-refractivity contribution in [1.29, 1.82) is 0 Å². The highest BCUT2D eigenvalue weighted by Gasteiger charge is 2.38. The van der Waals surface area contributed by atoms with Crippen molar-refractivity contribution in [2.75, 3.05) is 19.6 Å². The standard InChI is InChI=1S/C24H30F2N6O/c1-14-12-32-21(28-23(14)30-10-8-16(27)13-30)11-19(29-32)20-5-3-4-9-31(20)24(33)17-6-7-18(25)22(26)15(17)2/h6-7,11-12,16,19-20,29H,3-5,8-10,13,27H2,1-2H3/t16-,19?,20?/m0/s1. The number of amidine groups is 1. The second-order valence-corrected chi connectivity index (χ2v) is 9.39. The number of nitrogens with one attached hydrogen (secondary N) is 1. The Labute approximate surface area is 192 Å². The van der Waals surface area contributed by atoms with Gasteiger partial charge >= 0.3 is 0 Å². The molecule has 1 amide bonds. The number of benzene rings is 1. The minimum Gasteiger partial charge on any atom is -0.355 e. The van der Waals surface area contributed by atoms with Crippen LogP contribution in [-0.4, -0.2) is 64.3 Å². The van der Waals surface area contributed by atoms with E-state index >= 15 is 0 Å². The molecule has 0 bridgehead atoms. The molecule has 4 aliphatic heterocycles. The quantitative estimate of drug-likeness (QED) is 0.716. The van der Waals surface area contributed by atoms with E-state index in [-0.39, 0.29) is 35.2 Å². The van der Waals surface area contributed by atoms with E-state index in [0.29, 0.717) is 6.54 Å². The second-order valence-electron chi connectivity index (χ2n) is 9.39. The van der Waals surface area contributed by atoms with Gasteiger partial charge < -0.3 is 15.5 Å². The molecule has 3 atom stereocenters. The van der Waals surface area contributed by atoms with Crippen molar-refractivity contribution in [1.82, 2.24) is 20.2 Å². The van der Waals surface area contributed by atoms with Crippen molar-refractivity contribution in [3.05, 3.63) is 58.6 Å². The van der Waals surface area contributed by atoms with Gasteiger partial charge in [-0.3, -0.25) is 9.80 Å². The highest BCUT2D eigenvalue weighted by molar-refractivity contribution is 5.99. The number of nitrogens with zero attached hydrogens (tertiary/aromatic N) is 4. The van der Waals surface area contributed by atoms with Gasteiger partial charge in [-0.25, -0.2) is 19.2 Å². The molecule has 0 spiro atoms. The minimum absolute atomic E-state index is 0.0519. The molecule has 0 aliphatic carbocycles. The Morgan fingerprint density at radius 3 is 2.76 bits per heavy atom. The van der Waals surface area contributed by atoms with E-state index in [1.165, 1.54) is 13.0 Å². The number of carbonyl (C=O) groups excluding carboxylic acids is 1. The maximum Gasteiger partial charge on any atom is 0.254 e. The molecule has 1 aromatic rings. The summed E-state index contributed by atoms with van der Waals surface area (Å²) in [6.07, 6.45) is 7.76.